The summed E-state index contributed by atoms with van der Waals surface area (Å²) >= 11 is 0. The third-order valence-electron chi connectivity index (χ3n) is 2.69. The van der Waals surface area contributed by atoms with Gasteiger partial charge in [-0.2, -0.15) is 0 Å². The summed E-state index contributed by atoms with van der Waals surface area (Å²) in [5.41, 5.74) is 5.64. The minimum Gasteiger partial charge on any atom is -0.495 e. The standard InChI is InChI=1S/C14H12F2N2O2/c1-20-13-5-3-2-4-12(13)18-14(19)8-6-9(15)10(16)7-11(8)17/h2-7H,17H2,1H3,(H,18,19). The molecule has 4 nitrogen and oxygen atoms in total. The van der Waals surface area contributed by atoms with Crippen LogP contribution in [0, 0.1) is 11.6 Å². The molecule has 6 heteroatoms. The van der Waals surface area contributed by atoms with Crippen molar-refractivity contribution in [1.82, 2.24) is 0 Å². The van der Waals surface area contributed by atoms with E-state index in [1.807, 2.05) is 0 Å². The number of hydrogen-bond donors (Lipinski definition) is 2. The van der Waals surface area contributed by atoms with Gasteiger partial charge in [0.15, 0.2) is 11.6 Å². The van der Waals surface area contributed by atoms with Crippen LogP contribution in [0.3, 0.4) is 0 Å². The molecule has 0 aliphatic rings. The Morgan fingerprint density at radius 1 is 1.20 bits per heavy atom. The molecule has 0 radical (unpaired) electrons. The van der Waals surface area contributed by atoms with Gasteiger partial charge in [0.1, 0.15) is 5.75 Å². The number of halogens is 2. The zero-order valence-electron chi connectivity index (χ0n) is 10.6. The molecule has 3 N–H and O–H groups in total. The van der Waals surface area contributed by atoms with Gasteiger partial charge >= 0.3 is 0 Å². The second kappa shape index (κ2) is 5.56. The molecule has 0 saturated heterocycles. The van der Waals surface area contributed by atoms with Gasteiger partial charge in [-0.25, -0.2) is 8.78 Å². The second-order valence-electron chi connectivity index (χ2n) is 4.01. The lowest BCUT2D eigenvalue weighted by Gasteiger charge is -2.11. The quantitative estimate of drug-likeness (QED) is 0.848. The van der Waals surface area contributed by atoms with Crippen molar-refractivity contribution < 1.29 is 18.3 Å². The van der Waals surface area contributed by atoms with Gasteiger partial charge in [-0.3, -0.25) is 4.79 Å². The highest BCUT2D eigenvalue weighted by molar-refractivity contribution is 6.08. The maximum atomic E-state index is 13.2. The Bertz CT molecular complexity index is 660. The minimum absolute atomic E-state index is 0.142. The first-order valence-electron chi connectivity index (χ1n) is 5.72. The fourth-order valence-electron chi connectivity index (χ4n) is 1.70. The highest BCUT2D eigenvalue weighted by atomic mass is 19.2. The van der Waals surface area contributed by atoms with Crippen LogP contribution in [-0.4, -0.2) is 13.0 Å². The maximum Gasteiger partial charge on any atom is 0.257 e. The minimum atomic E-state index is -1.13. The largest absolute Gasteiger partial charge is 0.495 e. The summed E-state index contributed by atoms with van der Waals surface area (Å²) in [5, 5.41) is 2.53. The Kier molecular flexibility index (Phi) is 3.84. The Balaban J connectivity index is 2.31. The van der Waals surface area contributed by atoms with E-state index in [2.05, 4.69) is 5.32 Å². The van der Waals surface area contributed by atoms with Crippen molar-refractivity contribution in [1.29, 1.82) is 0 Å². The highest BCUT2D eigenvalue weighted by Crippen LogP contribution is 2.25. The molecule has 20 heavy (non-hydrogen) atoms. The summed E-state index contributed by atoms with van der Waals surface area (Å²) in [6, 6.07) is 8.24. The van der Waals surface area contributed by atoms with E-state index < -0.39 is 17.5 Å². The first kappa shape index (κ1) is 13.8. The summed E-state index contributed by atoms with van der Waals surface area (Å²) in [6.45, 7) is 0. The molecule has 0 bridgehead atoms. The number of methoxy groups -OCH3 is 1. The van der Waals surface area contributed by atoms with Crippen LogP contribution in [0.4, 0.5) is 20.2 Å². The molecule has 2 rings (SSSR count). The van der Waals surface area contributed by atoms with Gasteiger partial charge in [0, 0.05) is 11.8 Å². The second-order valence-corrected chi connectivity index (χ2v) is 4.01. The average Bonchev–Trinajstić information content (AvgIpc) is 2.43. The van der Waals surface area contributed by atoms with Gasteiger partial charge in [0.25, 0.3) is 5.91 Å². The molecule has 2 aromatic rings. The van der Waals surface area contributed by atoms with Crippen molar-refractivity contribution in [2.45, 2.75) is 0 Å². The summed E-state index contributed by atoms with van der Waals surface area (Å²) in [5.74, 6) is -2.44. The fourth-order valence-corrected chi connectivity index (χ4v) is 1.70. The molecule has 0 saturated carbocycles. The van der Waals surface area contributed by atoms with Crippen molar-refractivity contribution in [3.8, 4) is 5.75 Å². The highest BCUT2D eigenvalue weighted by Gasteiger charge is 2.15. The Hall–Kier alpha value is -2.63. The normalized spacial score (nSPS) is 10.2. The number of nitrogens with two attached hydrogens (primary N) is 1. The van der Waals surface area contributed by atoms with E-state index in [0.29, 0.717) is 11.4 Å². The number of nitrogen functional groups attached to an aromatic ring is 1. The Morgan fingerprint density at radius 3 is 2.55 bits per heavy atom. The molecular formula is C14H12F2N2O2. The summed E-state index contributed by atoms with van der Waals surface area (Å²) < 4.78 is 31.2. The van der Waals surface area contributed by atoms with Crippen molar-refractivity contribution in [2.75, 3.05) is 18.2 Å². The van der Waals surface area contributed by atoms with Crippen molar-refractivity contribution >= 4 is 17.3 Å². The predicted octanol–water partition coefficient (Wildman–Crippen LogP) is 2.81. The zero-order valence-corrected chi connectivity index (χ0v) is 10.6. The van der Waals surface area contributed by atoms with Crippen LogP contribution < -0.4 is 15.8 Å². The topological polar surface area (TPSA) is 64.3 Å². The van der Waals surface area contributed by atoms with Crippen molar-refractivity contribution in [2.24, 2.45) is 0 Å². The molecule has 0 heterocycles. The van der Waals surface area contributed by atoms with E-state index in [9.17, 15) is 13.6 Å². The van der Waals surface area contributed by atoms with Gasteiger partial charge in [-0.1, -0.05) is 12.1 Å². The number of hydrogen-bond acceptors (Lipinski definition) is 3. The molecule has 0 aromatic heterocycles. The van der Waals surface area contributed by atoms with Crippen LogP contribution >= 0.6 is 0 Å². The van der Waals surface area contributed by atoms with Crippen LogP contribution in [0.25, 0.3) is 0 Å². The number of amides is 1. The number of carbonyl (C=O) groups excluding carboxylic acids is 1. The molecule has 0 aliphatic heterocycles. The monoisotopic (exact) mass is 278 g/mol. The summed E-state index contributed by atoms with van der Waals surface area (Å²) in [4.78, 5) is 12.0. The van der Waals surface area contributed by atoms with Crippen LogP contribution in [-0.2, 0) is 0 Å². The van der Waals surface area contributed by atoms with Crippen LogP contribution in [0.1, 0.15) is 10.4 Å². The van der Waals surface area contributed by atoms with E-state index in [-0.39, 0.29) is 11.3 Å². The number of anilines is 2. The SMILES string of the molecule is COc1ccccc1NC(=O)c1cc(F)c(F)cc1N. The van der Waals surface area contributed by atoms with E-state index in [4.69, 9.17) is 10.5 Å². The van der Waals surface area contributed by atoms with Crippen LogP contribution in [0.2, 0.25) is 0 Å². The third-order valence-corrected chi connectivity index (χ3v) is 2.69. The smallest absolute Gasteiger partial charge is 0.257 e. The Labute approximate surface area is 114 Å². The predicted molar refractivity (Wildman–Crippen MR) is 71.7 cm³/mol. The molecule has 104 valence electrons. The molecule has 0 fully saturated rings. The maximum absolute atomic E-state index is 13.2. The first-order valence-corrected chi connectivity index (χ1v) is 5.72. The first-order chi connectivity index (χ1) is 9.52. The molecule has 1 amide bonds. The number of benzene rings is 2. The van der Waals surface area contributed by atoms with E-state index in [1.54, 1.807) is 24.3 Å². The molecule has 2 aromatic carbocycles. The molecule has 0 atom stereocenters. The van der Waals surface area contributed by atoms with E-state index in [1.165, 1.54) is 7.11 Å². The van der Waals surface area contributed by atoms with Crippen molar-refractivity contribution in [3.63, 3.8) is 0 Å². The van der Waals surface area contributed by atoms with Gasteiger partial charge in [-0.05, 0) is 18.2 Å². The number of para-hydroxylation sites is 2. The molecule has 0 spiro atoms. The third kappa shape index (κ3) is 2.69. The fraction of sp³-hybridized carbons (Fsp3) is 0.0714. The lowest BCUT2D eigenvalue weighted by molar-refractivity contribution is 0.102. The lowest BCUT2D eigenvalue weighted by atomic mass is 10.1. The summed E-state index contributed by atoms with van der Waals surface area (Å²) in [6.07, 6.45) is 0. The average molecular weight is 278 g/mol. The molecular weight excluding hydrogens is 266 g/mol. The summed E-state index contributed by atoms with van der Waals surface area (Å²) in [7, 11) is 1.46. The van der Waals surface area contributed by atoms with Gasteiger partial charge < -0.3 is 15.8 Å². The van der Waals surface area contributed by atoms with Gasteiger partial charge in [-0.15, -0.1) is 0 Å². The molecule has 0 unspecified atom stereocenters. The van der Waals surface area contributed by atoms with Crippen molar-refractivity contribution in [3.05, 3.63) is 53.6 Å². The number of ether oxygens (including phenoxy) is 1. The number of nitrogens with one attached hydrogen (secondary N) is 1. The number of rotatable bonds is 3. The van der Waals surface area contributed by atoms with Crippen LogP contribution in [0.5, 0.6) is 5.75 Å². The molecule has 0 aliphatic carbocycles. The van der Waals surface area contributed by atoms with Crippen LogP contribution in [0.15, 0.2) is 36.4 Å². The van der Waals surface area contributed by atoms with Gasteiger partial charge in [0.2, 0.25) is 0 Å². The van der Waals surface area contributed by atoms with E-state index >= 15 is 0 Å². The van der Waals surface area contributed by atoms with Gasteiger partial charge in [0.05, 0.1) is 18.4 Å². The Morgan fingerprint density at radius 2 is 1.85 bits per heavy atom. The zero-order chi connectivity index (χ0) is 14.7. The van der Waals surface area contributed by atoms with E-state index in [0.717, 1.165) is 12.1 Å². The lowest BCUT2D eigenvalue weighted by Crippen LogP contribution is -2.15. The number of carbonyl (C=O) groups is 1.